The minimum atomic E-state index is -1.00. The summed E-state index contributed by atoms with van der Waals surface area (Å²) in [6, 6.07) is 9.53. The number of esters is 1. The largest absolute Gasteiger partial charge is 0.491 e. The maximum absolute atomic E-state index is 11.5. The highest BCUT2D eigenvalue weighted by Gasteiger charge is 2.29. The molecule has 1 aromatic rings. The summed E-state index contributed by atoms with van der Waals surface area (Å²) in [6.07, 6.45) is 0.414. The summed E-state index contributed by atoms with van der Waals surface area (Å²) in [5.41, 5.74) is 4.86. The molecule has 0 saturated heterocycles. The summed E-state index contributed by atoms with van der Waals surface area (Å²) in [4.78, 5) is 11.5. The zero-order chi connectivity index (χ0) is 14.8. The number of para-hydroxylation sites is 1. The second kappa shape index (κ2) is 8.55. The molecular formula is C15H23NO4. The van der Waals surface area contributed by atoms with Crippen LogP contribution in [0.3, 0.4) is 0 Å². The summed E-state index contributed by atoms with van der Waals surface area (Å²) in [5, 5.41) is 0. The van der Waals surface area contributed by atoms with Crippen molar-refractivity contribution in [1.82, 2.24) is 0 Å². The van der Waals surface area contributed by atoms with Gasteiger partial charge in [-0.15, -0.1) is 0 Å². The molecule has 1 atom stereocenters. The molecule has 1 aromatic carbocycles. The van der Waals surface area contributed by atoms with Crippen molar-refractivity contribution < 1.29 is 19.0 Å². The Hall–Kier alpha value is -1.59. The molecule has 20 heavy (non-hydrogen) atoms. The first-order valence-corrected chi connectivity index (χ1v) is 6.78. The van der Waals surface area contributed by atoms with E-state index in [0.717, 1.165) is 5.75 Å². The van der Waals surface area contributed by atoms with E-state index in [1.807, 2.05) is 30.3 Å². The molecule has 0 amide bonds. The predicted molar refractivity (Wildman–Crippen MR) is 76.6 cm³/mol. The van der Waals surface area contributed by atoms with Gasteiger partial charge in [-0.2, -0.15) is 0 Å². The molecule has 0 aliphatic rings. The summed E-state index contributed by atoms with van der Waals surface area (Å²) >= 11 is 0. The lowest BCUT2D eigenvalue weighted by molar-refractivity contribution is -0.149. The van der Waals surface area contributed by atoms with Crippen LogP contribution in [0.25, 0.3) is 0 Å². The number of hydrogen-bond donors (Lipinski definition) is 1. The van der Waals surface area contributed by atoms with E-state index >= 15 is 0 Å². The maximum Gasteiger partial charge on any atom is 0.325 e. The van der Waals surface area contributed by atoms with E-state index in [-0.39, 0.29) is 0 Å². The van der Waals surface area contributed by atoms with Crippen LogP contribution in [0.15, 0.2) is 30.3 Å². The lowest BCUT2D eigenvalue weighted by Gasteiger charge is -2.21. The molecule has 2 N–H and O–H groups in total. The minimum Gasteiger partial charge on any atom is -0.491 e. The summed E-state index contributed by atoms with van der Waals surface area (Å²) in [7, 11) is 0. The van der Waals surface area contributed by atoms with Gasteiger partial charge in [0.15, 0.2) is 0 Å². The van der Waals surface area contributed by atoms with Gasteiger partial charge in [-0.25, -0.2) is 0 Å². The highest BCUT2D eigenvalue weighted by molar-refractivity contribution is 5.79. The van der Waals surface area contributed by atoms with Gasteiger partial charge in [0.1, 0.15) is 17.9 Å². The Labute approximate surface area is 120 Å². The van der Waals surface area contributed by atoms with Crippen LogP contribution in [0.4, 0.5) is 0 Å². The Morgan fingerprint density at radius 1 is 1.20 bits per heavy atom. The van der Waals surface area contributed by atoms with Crippen LogP contribution in [-0.4, -0.2) is 37.9 Å². The van der Waals surface area contributed by atoms with Crippen molar-refractivity contribution in [1.29, 1.82) is 0 Å². The summed E-state index contributed by atoms with van der Waals surface area (Å²) in [5.74, 6) is 0.412. The van der Waals surface area contributed by atoms with Gasteiger partial charge in [-0.1, -0.05) is 18.2 Å². The van der Waals surface area contributed by atoms with Gasteiger partial charge in [-0.3, -0.25) is 4.79 Å². The van der Waals surface area contributed by atoms with E-state index < -0.39 is 11.5 Å². The molecule has 112 valence electrons. The molecule has 0 fully saturated rings. The van der Waals surface area contributed by atoms with Crippen molar-refractivity contribution in [2.75, 3.05) is 26.4 Å². The van der Waals surface area contributed by atoms with Gasteiger partial charge >= 0.3 is 5.97 Å². The number of benzene rings is 1. The van der Waals surface area contributed by atoms with Crippen molar-refractivity contribution in [2.45, 2.75) is 25.8 Å². The maximum atomic E-state index is 11.5. The van der Waals surface area contributed by atoms with Crippen LogP contribution in [0.2, 0.25) is 0 Å². The molecule has 0 heterocycles. The van der Waals surface area contributed by atoms with Gasteiger partial charge in [0.05, 0.1) is 13.2 Å². The van der Waals surface area contributed by atoms with Crippen molar-refractivity contribution >= 4 is 5.97 Å². The van der Waals surface area contributed by atoms with Gasteiger partial charge in [0, 0.05) is 6.61 Å². The Morgan fingerprint density at radius 3 is 2.55 bits per heavy atom. The fraction of sp³-hybridized carbons (Fsp3) is 0.533. The van der Waals surface area contributed by atoms with Crippen LogP contribution in [0.5, 0.6) is 5.75 Å². The highest BCUT2D eigenvalue weighted by Crippen LogP contribution is 2.09. The number of carbonyl (C=O) groups excluding carboxylic acids is 1. The molecular weight excluding hydrogens is 258 g/mol. The van der Waals surface area contributed by atoms with E-state index in [9.17, 15) is 4.79 Å². The smallest absolute Gasteiger partial charge is 0.325 e. The Kier molecular flexibility index (Phi) is 7.04. The number of rotatable bonds is 9. The number of carbonyl (C=O) groups is 1. The van der Waals surface area contributed by atoms with Gasteiger partial charge in [-0.05, 0) is 32.4 Å². The van der Waals surface area contributed by atoms with Crippen LogP contribution in [-0.2, 0) is 14.3 Å². The Balaban J connectivity index is 2.11. The van der Waals surface area contributed by atoms with Crippen molar-refractivity contribution in [3.05, 3.63) is 30.3 Å². The monoisotopic (exact) mass is 281 g/mol. The standard InChI is InChI=1S/C15H23NO4/c1-3-19-14(17)15(2,16)9-10-18-11-12-20-13-7-5-4-6-8-13/h4-8H,3,9-12,16H2,1-2H3. The quantitative estimate of drug-likeness (QED) is 0.551. The zero-order valence-corrected chi connectivity index (χ0v) is 12.1. The zero-order valence-electron chi connectivity index (χ0n) is 12.1. The lowest BCUT2D eigenvalue weighted by Crippen LogP contribution is -2.47. The molecule has 1 unspecified atom stereocenters. The number of hydrogen-bond acceptors (Lipinski definition) is 5. The summed E-state index contributed by atoms with van der Waals surface area (Å²) in [6.45, 7) is 5.04. The SMILES string of the molecule is CCOC(=O)C(C)(N)CCOCCOc1ccccc1. The third kappa shape index (κ3) is 6.04. The van der Waals surface area contributed by atoms with E-state index in [1.165, 1.54) is 0 Å². The molecule has 0 aliphatic heterocycles. The molecule has 0 bridgehead atoms. The van der Waals surface area contributed by atoms with Gasteiger partial charge in [0.2, 0.25) is 0 Å². The molecule has 0 saturated carbocycles. The van der Waals surface area contributed by atoms with Crippen LogP contribution >= 0.6 is 0 Å². The summed E-state index contributed by atoms with van der Waals surface area (Å²) < 4.78 is 15.8. The van der Waals surface area contributed by atoms with Crippen LogP contribution < -0.4 is 10.5 Å². The van der Waals surface area contributed by atoms with Crippen LogP contribution in [0.1, 0.15) is 20.3 Å². The predicted octanol–water partition coefficient (Wildman–Crippen LogP) is 1.75. The lowest BCUT2D eigenvalue weighted by atomic mass is 10.0. The average molecular weight is 281 g/mol. The Morgan fingerprint density at radius 2 is 1.90 bits per heavy atom. The first-order valence-electron chi connectivity index (χ1n) is 6.78. The van der Waals surface area contributed by atoms with E-state index in [2.05, 4.69) is 0 Å². The highest BCUT2D eigenvalue weighted by atomic mass is 16.5. The van der Waals surface area contributed by atoms with Crippen LogP contribution in [0, 0.1) is 0 Å². The minimum absolute atomic E-state index is 0.331. The third-order valence-corrected chi connectivity index (χ3v) is 2.75. The second-order valence-corrected chi connectivity index (χ2v) is 4.66. The average Bonchev–Trinajstić information content (AvgIpc) is 2.44. The Bertz CT molecular complexity index is 392. The fourth-order valence-corrected chi connectivity index (χ4v) is 1.52. The number of ether oxygens (including phenoxy) is 3. The molecule has 1 rings (SSSR count). The normalized spacial score (nSPS) is 13.6. The first kappa shape index (κ1) is 16.5. The molecule has 0 aliphatic carbocycles. The topological polar surface area (TPSA) is 70.8 Å². The first-order chi connectivity index (χ1) is 9.56. The fourth-order valence-electron chi connectivity index (χ4n) is 1.52. The van der Waals surface area contributed by atoms with Gasteiger partial charge in [0.25, 0.3) is 0 Å². The molecule has 0 spiro atoms. The number of nitrogens with two attached hydrogens (primary N) is 1. The van der Waals surface area contributed by atoms with E-state index in [0.29, 0.717) is 32.8 Å². The molecule has 5 nitrogen and oxygen atoms in total. The van der Waals surface area contributed by atoms with Crippen molar-refractivity contribution in [3.8, 4) is 5.75 Å². The third-order valence-electron chi connectivity index (χ3n) is 2.75. The van der Waals surface area contributed by atoms with E-state index in [4.69, 9.17) is 19.9 Å². The van der Waals surface area contributed by atoms with Crippen molar-refractivity contribution in [3.63, 3.8) is 0 Å². The molecule has 0 aromatic heterocycles. The van der Waals surface area contributed by atoms with Gasteiger partial charge < -0.3 is 19.9 Å². The van der Waals surface area contributed by atoms with E-state index in [1.54, 1.807) is 13.8 Å². The molecule has 5 heteroatoms. The molecule has 0 radical (unpaired) electrons. The van der Waals surface area contributed by atoms with Crippen molar-refractivity contribution in [2.24, 2.45) is 5.73 Å². The second-order valence-electron chi connectivity index (χ2n) is 4.66.